The summed E-state index contributed by atoms with van der Waals surface area (Å²) in [7, 11) is 0. The lowest BCUT2D eigenvalue weighted by Crippen LogP contribution is -2.32. The minimum absolute atomic E-state index is 0.00981. The van der Waals surface area contributed by atoms with Gasteiger partial charge in [0.15, 0.2) is 0 Å². The van der Waals surface area contributed by atoms with Crippen LogP contribution in [0, 0.1) is 17.8 Å². The zero-order valence-corrected chi connectivity index (χ0v) is 9.41. The average molecular weight is 196 g/mol. The molecule has 2 aliphatic carbocycles. The Morgan fingerprint density at radius 2 is 1.79 bits per heavy atom. The van der Waals surface area contributed by atoms with Crippen molar-refractivity contribution in [2.24, 2.45) is 17.8 Å². The topological polar surface area (TPSA) is 20.2 Å². The van der Waals surface area contributed by atoms with Gasteiger partial charge in [0.25, 0.3) is 0 Å². The van der Waals surface area contributed by atoms with Gasteiger partial charge in [0.1, 0.15) is 0 Å². The SMILES string of the molecule is CC1CCCCC1C(O)CC1CCC1. The molecule has 0 spiro atoms. The molecule has 0 saturated heterocycles. The van der Waals surface area contributed by atoms with Crippen molar-refractivity contribution in [1.82, 2.24) is 0 Å². The van der Waals surface area contributed by atoms with Gasteiger partial charge in [-0.25, -0.2) is 0 Å². The molecule has 2 aliphatic rings. The minimum atomic E-state index is 0.00981. The van der Waals surface area contributed by atoms with E-state index in [1.807, 2.05) is 0 Å². The van der Waals surface area contributed by atoms with E-state index in [0.29, 0.717) is 5.92 Å². The molecule has 0 aromatic rings. The molecule has 2 fully saturated rings. The molecule has 0 bridgehead atoms. The normalized spacial score (nSPS) is 36.4. The summed E-state index contributed by atoms with van der Waals surface area (Å²) in [5, 5.41) is 10.2. The number of aliphatic hydroxyl groups excluding tert-OH is 1. The van der Waals surface area contributed by atoms with Crippen LogP contribution in [0.25, 0.3) is 0 Å². The second-order valence-electron chi connectivity index (χ2n) is 5.53. The van der Waals surface area contributed by atoms with Gasteiger partial charge in [0.05, 0.1) is 6.10 Å². The lowest BCUT2D eigenvalue weighted by atomic mass is 9.72. The molecule has 2 rings (SSSR count). The first kappa shape index (κ1) is 10.5. The van der Waals surface area contributed by atoms with Crippen LogP contribution in [0.15, 0.2) is 0 Å². The number of hydrogen-bond donors (Lipinski definition) is 1. The first-order chi connectivity index (χ1) is 6.77. The maximum atomic E-state index is 10.2. The summed E-state index contributed by atoms with van der Waals surface area (Å²) in [4.78, 5) is 0. The van der Waals surface area contributed by atoms with E-state index in [9.17, 15) is 5.11 Å². The van der Waals surface area contributed by atoms with Gasteiger partial charge >= 0.3 is 0 Å². The van der Waals surface area contributed by atoms with Crippen LogP contribution in [-0.2, 0) is 0 Å². The summed E-state index contributed by atoms with van der Waals surface area (Å²) < 4.78 is 0. The molecule has 1 N–H and O–H groups in total. The fourth-order valence-corrected chi connectivity index (χ4v) is 3.16. The summed E-state index contributed by atoms with van der Waals surface area (Å²) in [6.45, 7) is 2.33. The summed E-state index contributed by atoms with van der Waals surface area (Å²) in [6, 6.07) is 0. The maximum absolute atomic E-state index is 10.2. The van der Waals surface area contributed by atoms with Crippen molar-refractivity contribution >= 4 is 0 Å². The molecule has 2 saturated carbocycles. The van der Waals surface area contributed by atoms with Gasteiger partial charge in [0.2, 0.25) is 0 Å². The molecule has 0 radical (unpaired) electrons. The van der Waals surface area contributed by atoms with Crippen LogP contribution in [0.5, 0.6) is 0 Å². The minimum Gasteiger partial charge on any atom is -0.393 e. The monoisotopic (exact) mass is 196 g/mol. The number of rotatable bonds is 3. The van der Waals surface area contributed by atoms with E-state index in [1.165, 1.54) is 44.9 Å². The van der Waals surface area contributed by atoms with Gasteiger partial charge in [0, 0.05) is 0 Å². The predicted octanol–water partition coefficient (Wildman–Crippen LogP) is 3.36. The molecule has 3 atom stereocenters. The molecule has 1 heteroatoms. The lowest BCUT2D eigenvalue weighted by Gasteiger charge is -2.36. The smallest absolute Gasteiger partial charge is 0.0573 e. The van der Waals surface area contributed by atoms with Crippen molar-refractivity contribution in [3.05, 3.63) is 0 Å². The number of hydrogen-bond acceptors (Lipinski definition) is 1. The van der Waals surface area contributed by atoms with Crippen molar-refractivity contribution in [3.63, 3.8) is 0 Å². The second kappa shape index (κ2) is 4.65. The fraction of sp³-hybridized carbons (Fsp3) is 1.00. The summed E-state index contributed by atoms with van der Waals surface area (Å²) in [5.41, 5.74) is 0. The van der Waals surface area contributed by atoms with Crippen LogP contribution in [0.2, 0.25) is 0 Å². The molecule has 1 nitrogen and oxygen atoms in total. The Hall–Kier alpha value is -0.0400. The predicted molar refractivity (Wildman–Crippen MR) is 59.1 cm³/mol. The molecular weight excluding hydrogens is 172 g/mol. The van der Waals surface area contributed by atoms with Crippen LogP contribution in [0.4, 0.5) is 0 Å². The first-order valence-corrected chi connectivity index (χ1v) is 6.45. The molecule has 14 heavy (non-hydrogen) atoms. The molecular formula is C13H24O. The van der Waals surface area contributed by atoms with Gasteiger partial charge in [-0.15, -0.1) is 0 Å². The van der Waals surface area contributed by atoms with Crippen LogP contribution in [0.3, 0.4) is 0 Å². The number of aliphatic hydroxyl groups is 1. The fourth-order valence-electron chi connectivity index (χ4n) is 3.16. The highest BCUT2D eigenvalue weighted by atomic mass is 16.3. The van der Waals surface area contributed by atoms with E-state index in [-0.39, 0.29) is 6.10 Å². The lowest BCUT2D eigenvalue weighted by molar-refractivity contribution is 0.0247. The van der Waals surface area contributed by atoms with E-state index < -0.39 is 0 Å². The summed E-state index contributed by atoms with van der Waals surface area (Å²) in [6.07, 6.45) is 10.6. The van der Waals surface area contributed by atoms with Crippen molar-refractivity contribution in [2.75, 3.05) is 0 Å². The molecule has 0 amide bonds. The van der Waals surface area contributed by atoms with E-state index in [1.54, 1.807) is 0 Å². The Balaban J connectivity index is 1.79. The summed E-state index contributed by atoms with van der Waals surface area (Å²) >= 11 is 0. The Morgan fingerprint density at radius 3 is 2.36 bits per heavy atom. The van der Waals surface area contributed by atoms with Crippen molar-refractivity contribution in [3.8, 4) is 0 Å². The van der Waals surface area contributed by atoms with E-state index in [4.69, 9.17) is 0 Å². The third kappa shape index (κ3) is 2.31. The molecule has 0 heterocycles. The molecule has 0 aliphatic heterocycles. The Bertz CT molecular complexity index is 174. The quantitative estimate of drug-likeness (QED) is 0.734. The third-order valence-electron chi connectivity index (χ3n) is 4.47. The first-order valence-electron chi connectivity index (χ1n) is 6.45. The standard InChI is InChI=1S/C13H24O/c1-10-5-2-3-8-12(10)13(14)9-11-6-4-7-11/h10-14H,2-9H2,1H3. The van der Waals surface area contributed by atoms with Gasteiger partial charge in [-0.2, -0.15) is 0 Å². The van der Waals surface area contributed by atoms with E-state index >= 15 is 0 Å². The maximum Gasteiger partial charge on any atom is 0.0573 e. The van der Waals surface area contributed by atoms with Gasteiger partial charge in [-0.1, -0.05) is 45.4 Å². The Labute approximate surface area is 87.9 Å². The molecule has 0 aromatic carbocycles. The van der Waals surface area contributed by atoms with Crippen molar-refractivity contribution < 1.29 is 5.11 Å². The highest BCUT2D eigenvalue weighted by Crippen LogP contribution is 2.37. The van der Waals surface area contributed by atoms with Crippen molar-refractivity contribution in [2.45, 2.75) is 64.4 Å². The molecule has 82 valence electrons. The van der Waals surface area contributed by atoms with Gasteiger partial charge in [-0.05, 0) is 30.6 Å². The van der Waals surface area contributed by atoms with Crippen LogP contribution in [-0.4, -0.2) is 11.2 Å². The van der Waals surface area contributed by atoms with E-state index in [2.05, 4.69) is 6.92 Å². The third-order valence-corrected chi connectivity index (χ3v) is 4.47. The highest BCUT2D eigenvalue weighted by Gasteiger charge is 2.30. The molecule has 3 unspecified atom stereocenters. The average Bonchev–Trinajstić information content (AvgIpc) is 2.12. The largest absolute Gasteiger partial charge is 0.393 e. The summed E-state index contributed by atoms with van der Waals surface area (Å²) in [5.74, 6) is 2.24. The van der Waals surface area contributed by atoms with Crippen molar-refractivity contribution in [1.29, 1.82) is 0 Å². The van der Waals surface area contributed by atoms with E-state index in [0.717, 1.165) is 18.3 Å². The Morgan fingerprint density at radius 1 is 1.07 bits per heavy atom. The zero-order valence-electron chi connectivity index (χ0n) is 9.41. The van der Waals surface area contributed by atoms with Crippen LogP contribution in [0.1, 0.15) is 58.3 Å². The molecule has 0 aromatic heterocycles. The van der Waals surface area contributed by atoms with Gasteiger partial charge < -0.3 is 5.11 Å². The van der Waals surface area contributed by atoms with Crippen LogP contribution < -0.4 is 0 Å². The Kier molecular flexibility index (Phi) is 3.48. The second-order valence-corrected chi connectivity index (χ2v) is 5.53. The van der Waals surface area contributed by atoms with Crippen LogP contribution >= 0.6 is 0 Å². The zero-order chi connectivity index (χ0) is 9.97. The highest BCUT2D eigenvalue weighted by molar-refractivity contribution is 4.82. The van der Waals surface area contributed by atoms with Gasteiger partial charge in [-0.3, -0.25) is 0 Å².